The van der Waals surface area contributed by atoms with E-state index in [9.17, 15) is 28.1 Å². The summed E-state index contributed by atoms with van der Waals surface area (Å²) >= 11 is 0. The quantitative estimate of drug-likeness (QED) is 0.457. The smallest absolute Gasteiger partial charge is 0.326 e. The lowest BCUT2D eigenvalue weighted by molar-refractivity contribution is -0.383. The minimum absolute atomic E-state index is 0.0446. The van der Waals surface area contributed by atoms with E-state index in [1.165, 1.54) is 24.3 Å². The molecular weight excluding hydrogens is 352 g/mol. The van der Waals surface area contributed by atoms with Gasteiger partial charge in [0.15, 0.2) is 0 Å². The van der Waals surface area contributed by atoms with Gasteiger partial charge in [-0.2, -0.15) is 0 Å². The van der Waals surface area contributed by atoms with Crippen LogP contribution in [0.2, 0.25) is 0 Å². The minimum Gasteiger partial charge on any atom is -0.465 e. The van der Waals surface area contributed by atoms with E-state index >= 15 is 0 Å². The summed E-state index contributed by atoms with van der Waals surface area (Å²) in [5.41, 5.74) is -0.417. The Hall–Kier alpha value is -3.01. The van der Waals surface area contributed by atoms with Gasteiger partial charge >= 0.3 is 5.97 Å². The van der Waals surface area contributed by atoms with Crippen molar-refractivity contribution >= 4 is 38.4 Å². The molecule has 1 heterocycles. The van der Waals surface area contributed by atoms with Gasteiger partial charge in [0.1, 0.15) is 11.4 Å². The van der Waals surface area contributed by atoms with Crippen LogP contribution < -0.4 is 0 Å². The minimum atomic E-state index is -4.22. The molecular formula is C15H12N2O7S. The number of ether oxygens (including phenoxy) is 1. The molecule has 0 fully saturated rings. The fraction of sp³-hybridized carbons (Fsp3) is 0.200. The number of amides is 1. The largest absolute Gasteiger partial charge is 0.465 e. The molecule has 0 aromatic heterocycles. The molecule has 0 saturated carbocycles. The van der Waals surface area contributed by atoms with Crippen LogP contribution in [-0.2, 0) is 19.6 Å². The molecule has 0 unspecified atom stereocenters. The summed E-state index contributed by atoms with van der Waals surface area (Å²) in [5, 5.41) is 11.4. The van der Waals surface area contributed by atoms with Gasteiger partial charge < -0.3 is 4.74 Å². The number of nitro groups is 1. The molecule has 0 spiro atoms. The van der Waals surface area contributed by atoms with Crippen molar-refractivity contribution in [3.8, 4) is 0 Å². The SMILES string of the molecule is CCOC(=O)CN1C(=O)c2c(ccc3c([N+](=O)[O-])cccc23)S1(=O)=O. The molecule has 0 atom stereocenters. The number of esters is 1. The first-order valence-corrected chi connectivity index (χ1v) is 8.66. The molecule has 0 N–H and O–H groups in total. The first-order chi connectivity index (χ1) is 11.8. The maximum absolute atomic E-state index is 12.6. The summed E-state index contributed by atoms with van der Waals surface area (Å²) in [4.78, 5) is 34.5. The van der Waals surface area contributed by atoms with Gasteiger partial charge in [0.25, 0.3) is 21.6 Å². The highest BCUT2D eigenvalue weighted by atomic mass is 32.2. The normalized spacial score (nSPS) is 15.2. The van der Waals surface area contributed by atoms with Gasteiger partial charge in [-0.3, -0.25) is 19.7 Å². The van der Waals surface area contributed by atoms with Crippen LogP contribution in [-0.4, -0.2) is 42.7 Å². The zero-order valence-corrected chi connectivity index (χ0v) is 13.8. The Bertz CT molecular complexity index is 1030. The van der Waals surface area contributed by atoms with Gasteiger partial charge in [-0.25, -0.2) is 12.7 Å². The summed E-state index contributed by atoms with van der Waals surface area (Å²) in [7, 11) is -4.22. The number of benzene rings is 2. The Morgan fingerprint density at radius 1 is 1.24 bits per heavy atom. The maximum Gasteiger partial charge on any atom is 0.326 e. The molecule has 10 heteroatoms. The lowest BCUT2D eigenvalue weighted by Crippen LogP contribution is -2.35. The molecule has 130 valence electrons. The van der Waals surface area contributed by atoms with Crippen LogP contribution in [0.25, 0.3) is 10.8 Å². The number of rotatable bonds is 4. The molecule has 1 aliphatic heterocycles. The Kier molecular flexibility index (Phi) is 3.91. The number of non-ortho nitro benzene ring substituents is 1. The van der Waals surface area contributed by atoms with Crippen LogP contribution in [0.5, 0.6) is 0 Å². The van der Waals surface area contributed by atoms with Crippen LogP contribution >= 0.6 is 0 Å². The van der Waals surface area contributed by atoms with E-state index < -0.39 is 33.4 Å². The van der Waals surface area contributed by atoms with Crippen molar-refractivity contribution < 1.29 is 27.7 Å². The number of fused-ring (bicyclic) bond motifs is 3. The first-order valence-electron chi connectivity index (χ1n) is 7.22. The van der Waals surface area contributed by atoms with Gasteiger partial charge in [0.2, 0.25) is 0 Å². The van der Waals surface area contributed by atoms with E-state index in [0.717, 1.165) is 6.07 Å². The molecule has 2 aromatic rings. The van der Waals surface area contributed by atoms with Crippen LogP contribution in [0.4, 0.5) is 5.69 Å². The molecule has 0 bridgehead atoms. The fourth-order valence-electron chi connectivity index (χ4n) is 2.75. The Balaban J connectivity index is 2.20. The van der Waals surface area contributed by atoms with Crippen LogP contribution in [0.3, 0.4) is 0 Å². The topological polar surface area (TPSA) is 124 Å². The summed E-state index contributed by atoms with van der Waals surface area (Å²) in [6, 6.07) is 6.49. The van der Waals surface area contributed by atoms with Gasteiger partial charge in [-0.05, 0) is 19.1 Å². The molecule has 0 radical (unpaired) electrons. The van der Waals surface area contributed by atoms with Crippen molar-refractivity contribution in [2.45, 2.75) is 11.8 Å². The lowest BCUT2D eigenvalue weighted by atomic mass is 10.0. The van der Waals surface area contributed by atoms with Gasteiger partial charge in [0, 0.05) is 11.5 Å². The van der Waals surface area contributed by atoms with E-state index in [0.29, 0.717) is 4.31 Å². The van der Waals surface area contributed by atoms with Crippen molar-refractivity contribution in [3.63, 3.8) is 0 Å². The Labute approximate surface area is 142 Å². The summed E-state index contributed by atoms with van der Waals surface area (Å²) < 4.78 is 30.2. The first kappa shape index (κ1) is 16.8. The zero-order valence-electron chi connectivity index (χ0n) is 13.0. The molecule has 9 nitrogen and oxygen atoms in total. The average Bonchev–Trinajstić information content (AvgIpc) is 2.75. The van der Waals surface area contributed by atoms with Crippen LogP contribution in [0.1, 0.15) is 17.3 Å². The highest BCUT2D eigenvalue weighted by molar-refractivity contribution is 7.90. The number of nitro benzene ring substituents is 1. The number of hydrogen-bond acceptors (Lipinski definition) is 7. The van der Waals surface area contributed by atoms with Crippen molar-refractivity contribution in [1.29, 1.82) is 0 Å². The second kappa shape index (κ2) is 5.81. The molecule has 2 aromatic carbocycles. The number of sulfonamides is 1. The number of hydrogen-bond donors (Lipinski definition) is 0. The molecule has 1 amide bonds. The summed E-state index contributed by atoms with van der Waals surface area (Å²) in [5.74, 6) is -1.77. The van der Waals surface area contributed by atoms with Crippen LogP contribution in [0, 0.1) is 10.1 Å². The second-order valence-electron chi connectivity index (χ2n) is 5.19. The average molecular weight is 364 g/mol. The van der Waals surface area contributed by atoms with E-state index in [1.54, 1.807) is 6.92 Å². The molecule has 0 saturated heterocycles. The lowest BCUT2D eigenvalue weighted by Gasteiger charge is -2.13. The predicted octanol–water partition coefficient (Wildman–Crippen LogP) is 1.46. The van der Waals surface area contributed by atoms with E-state index in [-0.39, 0.29) is 33.5 Å². The van der Waals surface area contributed by atoms with Crippen molar-refractivity contribution in [3.05, 3.63) is 46.0 Å². The third-order valence-electron chi connectivity index (χ3n) is 3.78. The van der Waals surface area contributed by atoms with Gasteiger partial charge in [-0.1, -0.05) is 12.1 Å². The maximum atomic E-state index is 12.6. The number of carbonyl (C=O) groups is 2. The summed E-state index contributed by atoms with van der Waals surface area (Å²) in [6.45, 7) is 0.850. The molecule has 1 aliphatic rings. The second-order valence-corrected chi connectivity index (χ2v) is 7.02. The van der Waals surface area contributed by atoms with E-state index in [4.69, 9.17) is 4.74 Å². The van der Waals surface area contributed by atoms with Crippen LogP contribution in [0.15, 0.2) is 35.2 Å². The van der Waals surface area contributed by atoms with Crippen molar-refractivity contribution in [1.82, 2.24) is 4.31 Å². The van der Waals surface area contributed by atoms with Crippen molar-refractivity contribution in [2.24, 2.45) is 0 Å². The zero-order chi connectivity index (χ0) is 18.4. The molecule has 3 rings (SSSR count). The molecule has 25 heavy (non-hydrogen) atoms. The number of carbonyl (C=O) groups excluding carboxylic acids is 2. The summed E-state index contributed by atoms with van der Waals surface area (Å²) in [6.07, 6.45) is 0. The van der Waals surface area contributed by atoms with Gasteiger partial charge in [0.05, 0.1) is 22.5 Å². The van der Waals surface area contributed by atoms with Crippen molar-refractivity contribution in [2.75, 3.05) is 13.2 Å². The fourth-order valence-corrected chi connectivity index (χ4v) is 4.27. The molecule has 0 aliphatic carbocycles. The van der Waals surface area contributed by atoms with E-state index in [1.807, 2.05) is 0 Å². The Morgan fingerprint density at radius 2 is 1.96 bits per heavy atom. The van der Waals surface area contributed by atoms with Gasteiger partial charge in [-0.15, -0.1) is 0 Å². The number of nitrogens with zero attached hydrogens (tertiary/aromatic N) is 2. The Morgan fingerprint density at radius 3 is 2.60 bits per heavy atom. The predicted molar refractivity (Wildman–Crippen MR) is 85.5 cm³/mol. The highest BCUT2D eigenvalue weighted by Crippen LogP contribution is 2.38. The van der Waals surface area contributed by atoms with E-state index in [2.05, 4.69) is 0 Å². The third kappa shape index (κ3) is 2.50. The third-order valence-corrected chi connectivity index (χ3v) is 5.55. The monoisotopic (exact) mass is 364 g/mol. The standard InChI is InChI=1S/C15H12N2O7S/c1-2-24-13(18)8-16-15(19)14-10-4-3-5-11(17(20)21)9(10)6-7-12(14)25(16,22)23/h3-7H,2,8H2,1H3. The highest BCUT2D eigenvalue weighted by Gasteiger charge is 2.43.